The van der Waals surface area contributed by atoms with Crippen molar-refractivity contribution in [3.63, 3.8) is 0 Å². The maximum atomic E-state index is 11.2. The van der Waals surface area contributed by atoms with Crippen LogP contribution in [0.2, 0.25) is 0 Å². The molecule has 0 radical (unpaired) electrons. The van der Waals surface area contributed by atoms with Crippen LogP contribution in [0.1, 0.15) is 37.9 Å². The largest absolute Gasteiger partial charge is 0.494 e. The van der Waals surface area contributed by atoms with Crippen molar-refractivity contribution in [1.82, 2.24) is 0 Å². The van der Waals surface area contributed by atoms with Crippen molar-refractivity contribution >= 4 is 5.97 Å². The SMILES string of the molecule is CCOc1ccc(C(N)C(C)(C)C(=O)O)cc1C. The lowest BCUT2D eigenvalue weighted by molar-refractivity contribution is -0.148. The smallest absolute Gasteiger partial charge is 0.311 e. The second-order valence-electron chi connectivity index (χ2n) is 4.96. The highest BCUT2D eigenvalue weighted by atomic mass is 16.5. The Kier molecular flexibility index (Phi) is 4.35. The topological polar surface area (TPSA) is 72.5 Å². The fraction of sp³-hybridized carbons (Fsp3) is 0.500. The van der Waals surface area contributed by atoms with Crippen molar-refractivity contribution in [3.8, 4) is 5.75 Å². The van der Waals surface area contributed by atoms with E-state index >= 15 is 0 Å². The summed E-state index contributed by atoms with van der Waals surface area (Å²) in [5.74, 6) is -0.0943. The molecular weight excluding hydrogens is 230 g/mol. The summed E-state index contributed by atoms with van der Waals surface area (Å²) in [6.45, 7) is 7.71. The van der Waals surface area contributed by atoms with Crippen LogP contribution in [-0.4, -0.2) is 17.7 Å². The summed E-state index contributed by atoms with van der Waals surface area (Å²) in [5.41, 5.74) is 6.82. The van der Waals surface area contributed by atoms with Crippen LogP contribution in [0.3, 0.4) is 0 Å². The summed E-state index contributed by atoms with van der Waals surface area (Å²) < 4.78 is 5.45. The summed E-state index contributed by atoms with van der Waals surface area (Å²) in [6, 6.07) is 5.00. The van der Waals surface area contributed by atoms with Gasteiger partial charge in [0.25, 0.3) is 0 Å². The average molecular weight is 251 g/mol. The number of carbonyl (C=O) groups is 1. The van der Waals surface area contributed by atoms with E-state index < -0.39 is 17.4 Å². The molecule has 0 bridgehead atoms. The zero-order valence-electron chi connectivity index (χ0n) is 11.4. The zero-order valence-corrected chi connectivity index (χ0v) is 11.4. The van der Waals surface area contributed by atoms with Gasteiger partial charge in [-0.2, -0.15) is 0 Å². The zero-order chi connectivity index (χ0) is 13.9. The number of carboxylic acids is 1. The second-order valence-corrected chi connectivity index (χ2v) is 4.96. The molecule has 1 aromatic rings. The number of hydrogen-bond donors (Lipinski definition) is 2. The molecule has 18 heavy (non-hydrogen) atoms. The van der Waals surface area contributed by atoms with E-state index in [4.69, 9.17) is 10.5 Å². The van der Waals surface area contributed by atoms with Crippen molar-refractivity contribution in [3.05, 3.63) is 29.3 Å². The Bertz CT molecular complexity index is 441. The van der Waals surface area contributed by atoms with Crippen LogP contribution >= 0.6 is 0 Å². The van der Waals surface area contributed by atoms with Crippen molar-refractivity contribution in [2.24, 2.45) is 11.1 Å². The van der Waals surface area contributed by atoms with Crippen molar-refractivity contribution < 1.29 is 14.6 Å². The van der Waals surface area contributed by atoms with E-state index in [9.17, 15) is 9.90 Å². The van der Waals surface area contributed by atoms with Gasteiger partial charge >= 0.3 is 5.97 Å². The third kappa shape index (κ3) is 2.82. The molecule has 0 saturated heterocycles. The van der Waals surface area contributed by atoms with Gasteiger partial charge in [-0.25, -0.2) is 0 Å². The van der Waals surface area contributed by atoms with Gasteiger partial charge in [0.2, 0.25) is 0 Å². The summed E-state index contributed by atoms with van der Waals surface area (Å²) in [5, 5.41) is 9.18. The van der Waals surface area contributed by atoms with E-state index in [1.807, 2.05) is 32.0 Å². The van der Waals surface area contributed by atoms with Crippen LogP contribution in [0.5, 0.6) is 5.75 Å². The van der Waals surface area contributed by atoms with E-state index in [2.05, 4.69) is 0 Å². The van der Waals surface area contributed by atoms with Crippen LogP contribution in [-0.2, 0) is 4.79 Å². The third-order valence-corrected chi connectivity index (χ3v) is 3.19. The van der Waals surface area contributed by atoms with Gasteiger partial charge in [-0.3, -0.25) is 4.79 Å². The summed E-state index contributed by atoms with van der Waals surface area (Å²) in [6.07, 6.45) is 0. The number of carboxylic acid groups (broad SMARTS) is 1. The minimum absolute atomic E-state index is 0.552. The first kappa shape index (κ1) is 14.5. The standard InChI is InChI=1S/C14H21NO3/c1-5-18-11-7-6-10(8-9(11)2)12(15)14(3,4)13(16)17/h6-8,12H,5,15H2,1-4H3,(H,16,17). The van der Waals surface area contributed by atoms with Crippen LogP contribution in [0, 0.1) is 12.3 Å². The normalized spacial score (nSPS) is 13.2. The van der Waals surface area contributed by atoms with Gasteiger partial charge in [0.15, 0.2) is 0 Å². The molecule has 0 spiro atoms. The fourth-order valence-corrected chi connectivity index (χ4v) is 1.73. The molecule has 0 fully saturated rings. The lowest BCUT2D eigenvalue weighted by atomic mass is 9.81. The van der Waals surface area contributed by atoms with Crippen LogP contribution in [0.4, 0.5) is 0 Å². The van der Waals surface area contributed by atoms with E-state index in [0.29, 0.717) is 6.61 Å². The number of nitrogens with two attached hydrogens (primary N) is 1. The van der Waals surface area contributed by atoms with Crippen LogP contribution in [0.15, 0.2) is 18.2 Å². The molecule has 0 aromatic heterocycles. The number of benzene rings is 1. The quantitative estimate of drug-likeness (QED) is 0.843. The predicted molar refractivity (Wildman–Crippen MR) is 70.7 cm³/mol. The summed E-state index contributed by atoms with van der Waals surface area (Å²) >= 11 is 0. The lowest BCUT2D eigenvalue weighted by Crippen LogP contribution is -2.36. The lowest BCUT2D eigenvalue weighted by Gasteiger charge is -2.27. The Morgan fingerprint density at radius 3 is 2.56 bits per heavy atom. The molecule has 0 amide bonds. The van der Waals surface area contributed by atoms with Gasteiger partial charge in [0.1, 0.15) is 5.75 Å². The van der Waals surface area contributed by atoms with Crippen molar-refractivity contribution in [1.29, 1.82) is 0 Å². The average Bonchev–Trinajstić information content (AvgIpc) is 2.30. The molecule has 4 nitrogen and oxygen atoms in total. The van der Waals surface area contributed by atoms with E-state index in [0.717, 1.165) is 16.9 Å². The number of rotatable bonds is 5. The van der Waals surface area contributed by atoms with Gasteiger partial charge in [0.05, 0.1) is 12.0 Å². The Morgan fingerprint density at radius 1 is 1.50 bits per heavy atom. The fourth-order valence-electron chi connectivity index (χ4n) is 1.73. The highest BCUT2D eigenvalue weighted by molar-refractivity contribution is 5.75. The molecule has 1 rings (SSSR count). The molecule has 1 aromatic carbocycles. The summed E-state index contributed by atoms with van der Waals surface area (Å²) in [4.78, 5) is 11.2. The Hall–Kier alpha value is -1.55. The number of aliphatic carboxylic acids is 1. The molecule has 1 unspecified atom stereocenters. The number of hydrogen-bond acceptors (Lipinski definition) is 3. The van der Waals surface area contributed by atoms with Crippen LogP contribution in [0.25, 0.3) is 0 Å². The third-order valence-electron chi connectivity index (χ3n) is 3.19. The van der Waals surface area contributed by atoms with E-state index in [1.54, 1.807) is 13.8 Å². The first-order chi connectivity index (χ1) is 8.30. The van der Waals surface area contributed by atoms with Crippen LogP contribution < -0.4 is 10.5 Å². The minimum Gasteiger partial charge on any atom is -0.494 e. The Morgan fingerprint density at radius 2 is 2.11 bits per heavy atom. The number of ether oxygens (including phenoxy) is 1. The first-order valence-electron chi connectivity index (χ1n) is 6.03. The van der Waals surface area contributed by atoms with Gasteiger partial charge in [-0.15, -0.1) is 0 Å². The second kappa shape index (κ2) is 5.40. The molecule has 0 saturated carbocycles. The van der Waals surface area contributed by atoms with Crippen molar-refractivity contribution in [2.45, 2.75) is 33.7 Å². The summed E-state index contributed by atoms with van der Waals surface area (Å²) in [7, 11) is 0. The maximum absolute atomic E-state index is 11.2. The molecule has 3 N–H and O–H groups in total. The monoisotopic (exact) mass is 251 g/mol. The molecule has 100 valence electrons. The van der Waals surface area contributed by atoms with Gasteiger partial charge in [0, 0.05) is 6.04 Å². The Balaban J connectivity index is 3.05. The van der Waals surface area contributed by atoms with Gasteiger partial charge in [-0.1, -0.05) is 12.1 Å². The highest BCUT2D eigenvalue weighted by Crippen LogP contribution is 2.33. The predicted octanol–water partition coefficient (Wildman–Crippen LogP) is 2.50. The molecule has 0 aliphatic rings. The van der Waals surface area contributed by atoms with Crippen molar-refractivity contribution in [2.75, 3.05) is 6.61 Å². The molecule has 0 heterocycles. The maximum Gasteiger partial charge on any atom is 0.311 e. The molecule has 0 aliphatic carbocycles. The highest BCUT2D eigenvalue weighted by Gasteiger charge is 2.35. The minimum atomic E-state index is -1.00. The van der Waals surface area contributed by atoms with Gasteiger partial charge < -0.3 is 15.6 Å². The molecular formula is C14H21NO3. The Labute approximate surface area is 108 Å². The molecule has 0 aliphatic heterocycles. The number of aryl methyl sites for hydroxylation is 1. The van der Waals surface area contributed by atoms with E-state index in [-0.39, 0.29) is 0 Å². The molecule has 4 heteroatoms. The first-order valence-corrected chi connectivity index (χ1v) is 6.03. The van der Waals surface area contributed by atoms with Gasteiger partial charge in [-0.05, 0) is 44.9 Å². The van der Waals surface area contributed by atoms with E-state index in [1.165, 1.54) is 0 Å². The molecule has 1 atom stereocenters.